The van der Waals surface area contributed by atoms with E-state index in [2.05, 4.69) is 13.8 Å². The first-order chi connectivity index (χ1) is 7.49. The molecule has 0 fully saturated rings. The molecule has 0 saturated heterocycles. The van der Waals surface area contributed by atoms with Gasteiger partial charge in [-0.2, -0.15) is 0 Å². The number of aromatic hydroxyl groups is 1. The van der Waals surface area contributed by atoms with Gasteiger partial charge in [-0.3, -0.25) is 0 Å². The average molecular weight is 223 g/mol. The smallest absolute Gasteiger partial charge is 0.115 e. The molecule has 3 nitrogen and oxygen atoms in total. The lowest BCUT2D eigenvalue weighted by atomic mass is 9.96. The summed E-state index contributed by atoms with van der Waals surface area (Å²) in [4.78, 5) is 0. The number of nitrogens with two attached hydrogens (primary N) is 1. The zero-order chi connectivity index (χ0) is 12.1. The van der Waals surface area contributed by atoms with Gasteiger partial charge in [-0.15, -0.1) is 0 Å². The van der Waals surface area contributed by atoms with Gasteiger partial charge in [-0.1, -0.05) is 26.0 Å². The van der Waals surface area contributed by atoms with Crippen molar-refractivity contribution >= 4 is 0 Å². The molecule has 3 heteroatoms. The number of rotatable bonds is 5. The van der Waals surface area contributed by atoms with Crippen molar-refractivity contribution in [2.45, 2.75) is 38.8 Å². The van der Waals surface area contributed by atoms with Crippen LogP contribution in [0.2, 0.25) is 0 Å². The molecule has 0 aliphatic carbocycles. The maximum Gasteiger partial charge on any atom is 0.115 e. The van der Waals surface area contributed by atoms with E-state index in [0.717, 1.165) is 12.0 Å². The van der Waals surface area contributed by atoms with E-state index in [1.165, 1.54) is 0 Å². The lowest BCUT2D eigenvalue weighted by Crippen LogP contribution is -2.37. The third-order valence-corrected chi connectivity index (χ3v) is 2.61. The molecule has 0 amide bonds. The molecule has 0 radical (unpaired) electrons. The largest absolute Gasteiger partial charge is 0.508 e. The Labute approximate surface area is 96.9 Å². The molecule has 1 aromatic rings. The van der Waals surface area contributed by atoms with Crippen LogP contribution in [0.1, 0.15) is 25.8 Å². The molecular weight excluding hydrogens is 202 g/mol. The van der Waals surface area contributed by atoms with Crippen molar-refractivity contribution < 1.29 is 10.2 Å². The maximum atomic E-state index is 9.83. The molecule has 0 bridgehead atoms. The van der Waals surface area contributed by atoms with Gasteiger partial charge in [0.1, 0.15) is 5.75 Å². The van der Waals surface area contributed by atoms with Crippen molar-refractivity contribution in [2.75, 3.05) is 0 Å². The maximum absolute atomic E-state index is 9.83. The normalized spacial score (nSPS) is 15.1. The Balaban J connectivity index is 2.50. The first-order valence-electron chi connectivity index (χ1n) is 5.70. The molecule has 2 unspecified atom stereocenters. The Morgan fingerprint density at radius 2 is 1.75 bits per heavy atom. The van der Waals surface area contributed by atoms with Crippen LogP contribution in [-0.4, -0.2) is 22.4 Å². The number of aliphatic hydroxyl groups is 1. The third kappa shape index (κ3) is 4.21. The van der Waals surface area contributed by atoms with Crippen molar-refractivity contribution in [1.82, 2.24) is 0 Å². The van der Waals surface area contributed by atoms with Crippen molar-refractivity contribution in [3.8, 4) is 5.75 Å². The minimum Gasteiger partial charge on any atom is -0.508 e. The van der Waals surface area contributed by atoms with Gasteiger partial charge in [0.2, 0.25) is 0 Å². The van der Waals surface area contributed by atoms with Crippen LogP contribution in [0.25, 0.3) is 0 Å². The minimum atomic E-state index is -0.464. The lowest BCUT2D eigenvalue weighted by molar-refractivity contribution is 0.120. The highest BCUT2D eigenvalue weighted by Gasteiger charge is 2.16. The van der Waals surface area contributed by atoms with E-state index in [1.54, 1.807) is 12.1 Å². The Morgan fingerprint density at radius 3 is 2.25 bits per heavy atom. The van der Waals surface area contributed by atoms with Gasteiger partial charge in [-0.25, -0.2) is 0 Å². The van der Waals surface area contributed by atoms with Gasteiger partial charge >= 0.3 is 0 Å². The second-order valence-electron chi connectivity index (χ2n) is 4.73. The summed E-state index contributed by atoms with van der Waals surface area (Å²) in [5, 5.41) is 19.0. The molecule has 90 valence electrons. The van der Waals surface area contributed by atoms with Gasteiger partial charge in [0, 0.05) is 6.04 Å². The highest BCUT2D eigenvalue weighted by molar-refractivity contribution is 5.26. The molecule has 0 aromatic heterocycles. The Kier molecular flexibility index (Phi) is 4.77. The van der Waals surface area contributed by atoms with E-state index in [4.69, 9.17) is 10.8 Å². The number of benzene rings is 1. The number of hydrogen-bond donors (Lipinski definition) is 3. The van der Waals surface area contributed by atoms with E-state index < -0.39 is 6.10 Å². The highest BCUT2D eigenvalue weighted by atomic mass is 16.3. The van der Waals surface area contributed by atoms with Crippen LogP contribution in [0.15, 0.2) is 24.3 Å². The van der Waals surface area contributed by atoms with Crippen LogP contribution in [0.3, 0.4) is 0 Å². The van der Waals surface area contributed by atoms with Crippen LogP contribution >= 0.6 is 0 Å². The SMILES string of the molecule is CC(C)CC(O)C(N)Cc1ccc(O)cc1. The van der Waals surface area contributed by atoms with E-state index in [0.29, 0.717) is 12.3 Å². The molecule has 0 aliphatic heterocycles. The van der Waals surface area contributed by atoms with Crippen molar-refractivity contribution in [1.29, 1.82) is 0 Å². The summed E-state index contributed by atoms with van der Waals surface area (Å²) in [5.41, 5.74) is 6.96. The van der Waals surface area contributed by atoms with Gasteiger partial charge in [0.05, 0.1) is 6.10 Å². The Bertz CT molecular complexity index is 308. The molecule has 1 rings (SSSR count). The zero-order valence-corrected chi connectivity index (χ0v) is 9.93. The summed E-state index contributed by atoms with van der Waals surface area (Å²) in [7, 11) is 0. The molecule has 2 atom stereocenters. The highest BCUT2D eigenvalue weighted by Crippen LogP contribution is 2.14. The average Bonchev–Trinajstić information content (AvgIpc) is 2.20. The van der Waals surface area contributed by atoms with Crippen LogP contribution in [0.4, 0.5) is 0 Å². The summed E-state index contributed by atoms with van der Waals surface area (Å²) in [6.45, 7) is 4.13. The molecule has 0 spiro atoms. The predicted molar refractivity (Wildman–Crippen MR) is 65.2 cm³/mol. The van der Waals surface area contributed by atoms with E-state index >= 15 is 0 Å². The zero-order valence-electron chi connectivity index (χ0n) is 9.93. The van der Waals surface area contributed by atoms with E-state index in [-0.39, 0.29) is 11.8 Å². The van der Waals surface area contributed by atoms with Crippen LogP contribution < -0.4 is 5.73 Å². The summed E-state index contributed by atoms with van der Waals surface area (Å²) >= 11 is 0. The topological polar surface area (TPSA) is 66.5 Å². The molecule has 0 saturated carbocycles. The Hall–Kier alpha value is -1.06. The summed E-state index contributed by atoms with van der Waals surface area (Å²) in [5.74, 6) is 0.695. The lowest BCUT2D eigenvalue weighted by Gasteiger charge is -2.20. The number of aliphatic hydroxyl groups excluding tert-OH is 1. The van der Waals surface area contributed by atoms with Crippen molar-refractivity contribution in [3.05, 3.63) is 29.8 Å². The van der Waals surface area contributed by atoms with Crippen LogP contribution in [0, 0.1) is 5.92 Å². The fourth-order valence-electron chi connectivity index (χ4n) is 1.70. The van der Waals surface area contributed by atoms with Crippen LogP contribution in [0.5, 0.6) is 5.75 Å². The fourth-order valence-corrected chi connectivity index (χ4v) is 1.70. The van der Waals surface area contributed by atoms with Crippen molar-refractivity contribution in [2.24, 2.45) is 11.7 Å². The summed E-state index contributed by atoms with van der Waals surface area (Å²) in [6, 6.07) is 6.69. The first kappa shape index (κ1) is 13.0. The fraction of sp³-hybridized carbons (Fsp3) is 0.538. The number of phenolic OH excluding ortho intramolecular Hbond substituents is 1. The second kappa shape index (κ2) is 5.87. The Morgan fingerprint density at radius 1 is 1.19 bits per heavy atom. The quantitative estimate of drug-likeness (QED) is 0.711. The van der Waals surface area contributed by atoms with Gasteiger partial charge < -0.3 is 15.9 Å². The predicted octanol–water partition coefficient (Wildman–Crippen LogP) is 1.67. The third-order valence-electron chi connectivity index (χ3n) is 2.61. The molecule has 16 heavy (non-hydrogen) atoms. The summed E-state index contributed by atoms with van der Waals surface area (Å²) in [6.07, 6.45) is 0.891. The number of phenols is 1. The molecule has 1 aromatic carbocycles. The van der Waals surface area contributed by atoms with Gasteiger partial charge in [-0.05, 0) is 36.5 Å². The molecule has 0 heterocycles. The monoisotopic (exact) mass is 223 g/mol. The minimum absolute atomic E-state index is 0.244. The van der Waals surface area contributed by atoms with Crippen LogP contribution in [-0.2, 0) is 6.42 Å². The first-order valence-corrected chi connectivity index (χ1v) is 5.70. The standard InChI is InChI=1S/C13H21NO2/c1-9(2)7-13(16)12(14)8-10-3-5-11(15)6-4-10/h3-6,9,12-13,15-16H,7-8,14H2,1-2H3. The summed E-state index contributed by atoms with van der Waals surface area (Å²) < 4.78 is 0. The number of hydrogen-bond acceptors (Lipinski definition) is 3. The molecule has 4 N–H and O–H groups in total. The molecule has 0 aliphatic rings. The molecular formula is C13H21NO2. The second-order valence-corrected chi connectivity index (χ2v) is 4.73. The van der Waals surface area contributed by atoms with E-state index in [9.17, 15) is 5.11 Å². The van der Waals surface area contributed by atoms with E-state index in [1.807, 2.05) is 12.1 Å². The van der Waals surface area contributed by atoms with Gasteiger partial charge in [0.25, 0.3) is 0 Å². The van der Waals surface area contributed by atoms with Gasteiger partial charge in [0.15, 0.2) is 0 Å². The van der Waals surface area contributed by atoms with Crippen molar-refractivity contribution in [3.63, 3.8) is 0 Å².